The maximum atomic E-state index is 15.7. The van der Waals surface area contributed by atoms with Crippen molar-refractivity contribution in [3.05, 3.63) is 98.0 Å². The van der Waals surface area contributed by atoms with E-state index in [2.05, 4.69) is 0 Å². The van der Waals surface area contributed by atoms with Gasteiger partial charge in [-0.05, 0) is 46.5 Å². The molecule has 2 aliphatic heterocycles. The Morgan fingerprint density at radius 2 is 1.77 bits per heavy atom. The van der Waals surface area contributed by atoms with Crippen molar-refractivity contribution in [3.63, 3.8) is 0 Å². The van der Waals surface area contributed by atoms with Crippen LogP contribution in [0, 0.1) is 11.7 Å². The van der Waals surface area contributed by atoms with Crippen molar-refractivity contribution in [1.29, 1.82) is 0 Å². The van der Waals surface area contributed by atoms with Crippen molar-refractivity contribution in [2.45, 2.75) is 43.6 Å². The van der Waals surface area contributed by atoms with Gasteiger partial charge >= 0.3 is 6.18 Å². The topological polar surface area (TPSA) is 65.8 Å². The highest BCUT2D eigenvalue weighted by molar-refractivity contribution is 7.14. The number of hydrogen-bond donors (Lipinski definition) is 1. The number of carbonyl (C=O) groups is 1. The molecule has 2 aliphatic carbocycles. The van der Waals surface area contributed by atoms with E-state index in [1.165, 1.54) is 33.5 Å². The average molecular weight is 630 g/mol. The highest BCUT2D eigenvalue weighted by Gasteiger charge is 2.53. The third-order valence-corrected chi connectivity index (χ3v) is 10.3. The molecular formula is C31H21F6N3O3S. The largest absolute Gasteiger partial charge is 0.502 e. The Hall–Kier alpha value is -4.26. The normalized spacial score (nSPS) is 23.0. The van der Waals surface area contributed by atoms with Gasteiger partial charge in [-0.25, -0.2) is 13.2 Å². The number of rotatable bonds is 1. The first-order chi connectivity index (χ1) is 20.9. The molecule has 44 heavy (non-hydrogen) atoms. The summed E-state index contributed by atoms with van der Waals surface area (Å²) >= 11 is 1.23. The predicted molar refractivity (Wildman–Crippen MR) is 149 cm³/mol. The number of pyridine rings is 1. The predicted octanol–water partition coefficient (Wildman–Crippen LogP) is 6.53. The van der Waals surface area contributed by atoms with Crippen LogP contribution in [0.2, 0.25) is 0 Å². The second kappa shape index (κ2) is 8.90. The highest BCUT2D eigenvalue weighted by atomic mass is 32.1. The van der Waals surface area contributed by atoms with Crippen molar-refractivity contribution in [2.24, 2.45) is 5.92 Å². The third kappa shape index (κ3) is 3.55. The van der Waals surface area contributed by atoms with Gasteiger partial charge in [0.2, 0.25) is 5.43 Å². The number of hydrogen-bond acceptors (Lipinski definition) is 5. The van der Waals surface area contributed by atoms with E-state index >= 15 is 13.2 Å². The smallest absolute Gasteiger partial charge is 0.392 e. The second-order valence-electron chi connectivity index (χ2n) is 11.6. The van der Waals surface area contributed by atoms with E-state index in [1.807, 2.05) is 0 Å². The Kier molecular flexibility index (Phi) is 5.52. The summed E-state index contributed by atoms with van der Waals surface area (Å²) in [6.45, 7) is -0.321. The van der Waals surface area contributed by atoms with Crippen LogP contribution in [0.25, 0.3) is 21.6 Å². The van der Waals surface area contributed by atoms with Crippen molar-refractivity contribution < 1.29 is 36.2 Å². The van der Waals surface area contributed by atoms with Crippen molar-refractivity contribution in [1.82, 2.24) is 9.58 Å². The summed E-state index contributed by atoms with van der Waals surface area (Å²) in [6, 6.07) is 9.12. The van der Waals surface area contributed by atoms with E-state index in [0.717, 1.165) is 16.8 Å². The number of piperidine rings is 1. The van der Waals surface area contributed by atoms with Crippen LogP contribution in [0.3, 0.4) is 0 Å². The first-order valence-corrected chi connectivity index (χ1v) is 14.8. The third-order valence-electron chi connectivity index (χ3n) is 9.25. The molecule has 0 radical (unpaired) electrons. The molecule has 4 heterocycles. The molecule has 1 amide bonds. The van der Waals surface area contributed by atoms with E-state index in [-0.39, 0.29) is 17.7 Å². The lowest BCUT2D eigenvalue weighted by atomic mass is 9.80. The second-order valence-corrected chi connectivity index (χ2v) is 12.4. The lowest BCUT2D eigenvalue weighted by Gasteiger charge is -2.53. The van der Waals surface area contributed by atoms with Crippen LogP contribution >= 0.6 is 11.3 Å². The molecule has 2 aromatic heterocycles. The number of carbonyl (C=O) groups excluding carboxylic acids is 1. The van der Waals surface area contributed by atoms with Gasteiger partial charge < -0.3 is 10.0 Å². The molecule has 13 heteroatoms. The van der Waals surface area contributed by atoms with Crippen molar-refractivity contribution in [3.8, 4) is 27.3 Å². The summed E-state index contributed by atoms with van der Waals surface area (Å²) in [7, 11) is 0. The van der Waals surface area contributed by atoms with Crippen LogP contribution in [-0.4, -0.2) is 39.5 Å². The van der Waals surface area contributed by atoms with E-state index in [4.69, 9.17) is 0 Å². The molecule has 1 N–H and O–H groups in total. The fourth-order valence-corrected chi connectivity index (χ4v) is 8.50. The van der Waals surface area contributed by atoms with Gasteiger partial charge in [-0.1, -0.05) is 30.3 Å². The molecule has 0 spiro atoms. The van der Waals surface area contributed by atoms with E-state index < -0.39 is 83.6 Å². The number of thiophene rings is 1. The molecule has 4 aliphatic rings. The fourth-order valence-electron chi connectivity index (χ4n) is 7.38. The van der Waals surface area contributed by atoms with Crippen LogP contribution < -0.4 is 10.4 Å². The Bertz CT molecular complexity index is 1970. The van der Waals surface area contributed by atoms with Crippen LogP contribution in [0.15, 0.2) is 58.8 Å². The van der Waals surface area contributed by atoms with Crippen molar-refractivity contribution in [2.75, 3.05) is 11.6 Å². The summed E-state index contributed by atoms with van der Waals surface area (Å²) in [5.74, 6) is -8.16. The number of amides is 1. The van der Waals surface area contributed by atoms with Gasteiger partial charge in [0.25, 0.3) is 11.8 Å². The van der Waals surface area contributed by atoms with Crippen LogP contribution in [0.4, 0.5) is 26.3 Å². The molecule has 2 aromatic carbocycles. The average Bonchev–Trinajstić information content (AvgIpc) is 3.34. The van der Waals surface area contributed by atoms with Crippen LogP contribution in [0.1, 0.15) is 51.6 Å². The molecule has 4 aromatic rings. The number of nitrogens with zero attached hydrogens (tertiary/aromatic N) is 3. The molecule has 3 atom stereocenters. The molecule has 226 valence electrons. The van der Waals surface area contributed by atoms with Gasteiger partial charge in [0.15, 0.2) is 11.4 Å². The number of aromatic hydroxyl groups is 1. The highest BCUT2D eigenvalue weighted by Crippen LogP contribution is 2.58. The van der Waals surface area contributed by atoms with Gasteiger partial charge in [0.05, 0.1) is 17.5 Å². The molecule has 1 fully saturated rings. The SMILES string of the molecule is O=C1c2c(O)c(=O)ccn2N([C@@H]2c3ccccc3-c3scc4c3-c3c2ccc(F)c3C(F)(F)C4)[C@@H]2CC(C(F)(F)F)CCN12. The van der Waals surface area contributed by atoms with Crippen LogP contribution in [-0.2, 0) is 12.3 Å². The summed E-state index contributed by atoms with van der Waals surface area (Å²) < 4.78 is 90.5. The molecule has 1 unspecified atom stereocenters. The van der Waals surface area contributed by atoms with Gasteiger partial charge in [0.1, 0.15) is 12.0 Å². The zero-order valence-electron chi connectivity index (χ0n) is 22.5. The summed E-state index contributed by atoms with van der Waals surface area (Å²) in [4.78, 5) is 28.0. The summed E-state index contributed by atoms with van der Waals surface area (Å²) in [6.07, 6.45) is -6.29. The minimum Gasteiger partial charge on any atom is -0.502 e. The summed E-state index contributed by atoms with van der Waals surface area (Å²) in [5.41, 5.74) is 0.00174. The van der Waals surface area contributed by atoms with Gasteiger partial charge in [0, 0.05) is 41.2 Å². The maximum absolute atomic E-state index is 15.7. The maximum Gasteiger partial charge on any atom is 0.392 e. The monoisotopic (exact) mass is 629 g/mol. The van der Waals surface area contributed by atoms with Gasteiger partial charge in [-0.15, -0.1) is 11.3 Å². The standard InChI is InChI=1S/C31H21F6N3O3S/c32-19-6-5-18-23-22-14(12-30(33,34)24(19)23)13-44-28(22)17-4-2-1-3-16(17)25(18)40-21-11-15(31(35,36)37)7-9-38(21)29(43)26-27(42)20(41)8-10-39(26)40/h1-6,8,10,13,15,21,25,42H,7,9,11-12H2/t15?,21-,25-/m1/s1. The molecule has 8 rings (SSSR count). The Morgan fingerprint density at radius 3 is 2.55 bits per heavy atom. The molecular weight excluding hydrogens is 608 g/mol. The lowest BCUT2D eigenvalue weighted by molar-refractivity contribution is -0.189. The van der Waals surface area contributed by atoms with Crippen LogP contribution in [0.5, 0.6) is 5.75 Å². The molecule has 6 nitrogen and oxygen atoms in total. The molecule has 0 bridgehead atoms. The number of benzene rings is 2. The number of alkyl halides is 5. The first-order valence-electron chi connectivity index (χ1n) is 13.9. The van der Waals surface area contributed by atoms with E-state index in [1.54, 1.807) is 29.6 Å². The van der Waals surface area contributed by atoms with Gasteiger partial charge in [-0.2, -0.15) is 13.2 Å². The minimum atomic E-state index is -4.58. The summed E-state index contributed by atoms with van der Waals surface area (Å²) in [5, 5.41) is 13.9. The van der Waals surface area contributed by atoms with Gasteiger partial charge in [-0.3, -0.25) is 19.3 Å². The zero-order chi connectivity index (χ0) is 30.9. The molecule has 0 saturated carbocycles. The van der Waals surface area contributed by atoms with E-state index in [0.29, 0.717) is 27.1 Å². The lowest BCUT2D eigenvalue weighted by Crippen LogP contribution is -2.65. The fraction of sp³-hybridized carbons (Fsp3) is 0.290. The minimum absolute atomic E-state index is 0.0350. The zero-order valence-corrected chi connectivity index (χ0v) is 23.4. The number of fused-ring (bicyclic) bond motifs is 4. The first kappa shape index (κ1) is 27.3. The number of aromatic nitrogens is 1. The Labute approximate surface area is 249 Å². The van der Waals surface area contributed by atoms with E-state index in [9.17, 15) is 27.9 Å². The number of halogens is 6. The Balaban J connectivity index is 1.48. The molecule has 1 saturated heterocycles. The van der Waals surface area contributed by atoms with Crippen molar-refractivity contribution >= 4 is 17.2 Å². The quantitative estimate of drug-likeness (QED) is 0.243. The Morgan fingerprint density at radius 1 is 1.00 bits per heavy atom.